The summed E-state index contributed by atoms with van der Waals surface area (Å²) in [5.74, 6) is 2.15. The van der Waals surface area contributed by atoms with Crippen LogP contribution in [0.2, 0.25) is 0 Å². The first kappa shape index (κ1) is 18.0. The lowest BCUT2D eigenvalue weighted by molar-refractivity contribution is 0.0802. The molecule has 0 aromatic heterocycles. The van der Waals surface area contributed by atoms with Gasteiger partial charge in [-0.3, -0.25) is 0 Å². The Hall–Kier alpha value is -1.06. The molecule has 0 heterocycles. The number of benzene rings is 1. The van der Waals surface area contributed by atoms with E-state index in [1.807, 2.05) is 0 Å². The van der Waals surface area contributed by atoms with Crippen molar-refractivity contribution in [3.8, 4) is 5.75 Å². The summed E-state index contributed by atoms with van der Waals surface area (Å²) >= 11 is 0. The maximum absolute atomic E-state index is 6.02. The average Bonchev–Trinajstić information content (AvgIpc) is 2.47. The predicted molar refractivity (Wildman–Crippen MR) is 89.1 cm³/mol. The summed E-state index contributed by atoms with van der Waals surface area (Å²) in [5, 5.41) is 3.42. The number of hydrogen-bond donors (Lipinski definition) is 1. The van der Waals surface area contributed by atoms with Gasteiger partial charge in [-0.25, -0.2) is 0 Å². The molecule has 21 heavy (non-hydrogen) atoms. The Kier molecular flexibility index (Phi) is 8.40. The van der Waals surface area contributed by atoms with E-state index in [0.717, 1.165) is 25.3 Å². The summed E-state index contributed by atoms with van der Waals surface area (Å²) in [7, 11) is 1.71. The monoisotopic (exact) mass is 293 g/mol. The largest absolute Gasteiger partial charge is 0.487 e. The highest BCUT2D eigenvalue weighted by Crippen LogP contribution is 2.22. The number of ether oxygens (including phenoxy) is 2. The van der Waals surface area contributed by atoms with Crippen molar-refractivity contribution in [3.63, 3.8) is 0 Å². The molecule has 1 aromatic carbocycles. The quantitative estimate of drug-likeness (QED) is 0.711. The van der Waals surface area contributed by atoms with Gasteiger partial charge in [-0.05, 0) is 42.5 Å². The molecule has 0 aliphatic heterocycles. The van der Waals surface area contributed by atoms with E-state index >= 15 is 0 Å². The third kappa shape index (κ3) is 6.96. The van der Waals surface area contributed by atoms with E-state index in [9.17, 15) is 0 Å². The van der Waals surface area contributed by atoms with Crippen LogP contribution in [0.1, 0.15) is 45.6 Å². The van der Waals surface area contributed by atoms with Crippen LogP contribution in [0.3, 0.4) is 0 Å². The molecule has 0 saturated carbocycles. The summed E-state index contributed by atoms with van der Waals surface area (Å²) in [6.45, 7) is 11.3. The smallest absolute Gasteiger partial charge is 0.134 e. The second kappa shape index (κ2) is 9.80. The van der Waals surface area contributed by atoms with Crippen LogP contribution < -0.4 is 10.1 Å². The van der Waals surface area contributed by atoms with Crippen LogP contribution in [0.25, 0.3) is 0 Å². The minimum Gasteiger partial charge on any atom is -0.487 e. The number of methoxy groups -OCH3 is 1. The van der Waals surface area contributed by atoms with Gasteiger partial charge < -0.3 is 14.8 Å². The molecule has 0 bridgehead atoms. The fourth-order valence-electron chi connectivity index (χ4n) is 2.16. The van der Waals surface area contributed by atoms with Crippen molar-refractivity contribution < 1.29 is 9.47 Å². The number of rotatable bonds is 10. The SMILES string of the molecule is CCC(C)c1ccc(OC(CNCC(C)C)COC)cc1. The molecule has 0 aliphatic carbocycles. The Morgan fingerprint density at radius 1 is 1.05 bits per heavy atom. The molecule has 0 aliphatic rings. The zero-order valence-electron chi connectivity index (χ0n) is 14.2. The Labute approximate surface area is 130 Å². The summed E-state index contributed by atoms with van der Waals surface area (Å²) < 4.78 is 11.3. The zero-order chi connectivity index (χ0) is 15.7. The van der Waals surface area contributed by atoms with Crippen molar-refractivity contribution in [1.29, 1.82) is 0 Å². The van der Waals surface area contributed by atoms with E-state index in [0.29, 0.717) is 18.4 Å². The van der Waals surface area contributed by atoms with Crippen molar-refractivity contribution >= 4 is 0 Å². The summed E-state index contributed by atoms with van der Waals surface area (Å²) in [5.41, 5.74) is 1.37. The molecule has 1 N–H and O–H groups in total. The van der Waals surface area contributed by atoms with Gasteiger partial charge in [0, 0.05) is 13.7 Å². The van der Waals surface area contributed by atoms with Gasteiger partial charge >= 0.3 is 0 Å². The van der Waals surface area contributed by atoms with Crippen LogP contribution in [-0.2, 0) is 4.74 Å². The molecular formula is C18H31NO2. The molecule has 0 radical (unpaired) electrons. The van der Waals surface area contributed by atoms with Crippen LogP contribution >= 0.6 is 0 Å². The van der Waals surface area contributed by atoms with E-state index in [2.05, 4.69) is 57.3 Å². The van der Waals surface area contributed by atoms with Crippen LogP contribution in [-0.4, -0.2) is 32.9 Å². The first-order valence-corrected chi connectivity index (χ1v) is 8.03. The van der Waals surface area contributed by atoms with Gasteiger partial charge in [-0.1, -0.05) is 39.8 Å². The van der Waals surface area contributed by atoms with Gasteiger partial charge in [0.1, 0.15) is 11.9 Å². The molecule has 2 unspecified atom stereocenters. The topological polar surface area (TPSA) is 30.5 Å². The number of hydrogen-bond acceptors (Lipinski definition) is 3. The van der Waals surface area contributed by atoms with E-state index in [-0.39, 0.29) is 6.10 Å². The Balaban J connectivity index is 2.53. The lowest BCUT2D eigenvalue weighted by Gasteiger charge is -2.20. The van der Waals surface area contributed by atoms with Gasteiger partial charge in [-0.15, -0.1) is 0 Å². The van der Waals surface area contributed by atoms with Gasteiger partial charge in [0.2, 0.25) is 0 Å². The fourth-order valence-corrected chi connectivity index (χ4v) is 2.16. The maximum Gasteiger partial charge on any atom is 0.134 e. The normalized spacial score (nSPS) is 14.2. The van der Waals surface area contributed by atoms with Crippen LogP contribution in [0.4, 0.5) is 0 Å². The fraction of sp³-hybridized carbons (Fsp3) is 0.667. The van der Waals surface area contributed by atoms with E-state index in [1.54, 1.807) is 7.11 Å². The molecule has 3 heteroatoms. The van der Waals surface area contributed by atoms with Crippen LogP contribution in [0.5, 0.6) is 5.75 Å². The molecular weight excluding hydrogens is 262 g/mol. The van der Waals surface area contributed by atoms with Crippen LogP contribution in [0.15, 0.2) is 24.3 Å². The zero-order valence-corrected chi connectivity index (χ0v) is 14.2. The highest BCUT2D eigenvalue weighted by atomic mass is 16.5. The Bertz CT molecular complexity index is 375. The minimum atomic E-state index is 0.0446. The molecule has 120 valence electrons. The maximum atomic E-state index is 6.02. The van der Waals surface area contributed by atoms with Crippen molar-refractivity contribution in [2.75, 3.05) is 26.8 Å². The molecule has 1 aromatic rings. The van der Waals surface area contributed by atoms with Crippen molar-refractivity contribution in [2.24, 2.45) is 5.92 Å². The minimum absolute atomic E-state index is 0.0446. The third-order valence-electron chi connectivity index (χ3n) is 3.64. The van der Waals surface area contributed by atoms with Gasteiger partial charge in [0.25, 0.3) is 0 Å². The van der Waals surface area contributed by atoms with Crippen molar-refractivity contribution in [1.82, 2.24) is 5.32 Å². The predicted octanol–water partition coefficient (Wildman–Crippen LogP) is 3.84. The highest BCUT2D eigenvalue weighted by Gasteiger charge is 2.11. The van der Waals surface area contributed by atoms with E-state index < -0.39 is 0 Å². The molecule has 0 amide bonds. The summed E-state index contributed by atoms with van der Waals surface area (Å²) in [6.07, 6.45) is 1.20. The van der Waals surface area contributed by atoms with E-state index in [1.165, 1.54) is 5.56 Å². The Morgan fingerprint density at radius 2 is 1.71 bits per heavy atom. The molecule has 3 nitrogen and oxygen atoms in total. The molecule has 2 atom stereocenters. The Morgan fingerprint density at radius 3 is 2.24 bits per heavy atom. The van der Waals surface area contributed by atoms with Crippen molar-refractivity contribution in [3.05, 3.63) is 29.8 Å². The lowest BCUT2D eigenvalue weighted by atomic mass is 9.99. The standard InChI is InChI=1S/C18H31NO2/c1-6-15(4)16-7-9-17(10-8-16)21-18(13-20-5)12-19-11-14(2)3/h7-10,14-15,18-19H,6,11-13H2,1-5H3. The second-order valence-electron chi connectivity index (χ2n) is 6.13. The highest BCUT2D eigenvalue weighted by molar-refractivity contribution is 5.29. The summed E-state index contributed by atoms with van der Waals surface area (Å²) in [6, 6.07) is 8.45. The molecule has 1 rings (SSSR count). The van der Waals surface area contributed by atoms with Crippen LogP contribution in [0, 0.1) is 5.92 Å². The first-order valence-electron chi connectivity index (χ1n) is 8.03. The first-order chi connectivity index (χ1) is 10.1. The summed E-state index contributed by atoms with van der Waals surface area (Å²) in [4.78, 5) is 0. The lowest BCUT2D eigenvalue weighted by Crippen LogP contribution is -2.36. The third-order valence-corrected chi connectivity index (χ3v) is 3.64. The number of nitrogens with one attached hydrogen (secondary N) is 1. The average molecular weight is 293 g/mol. The molecule has 0 spiro atoms. The van der Waals surface area contributed by atoms with E-state index in [4.69, 9.17) is 9.47 Å². The van der Waals surface area contributed by atoms with Gasteiger partial charge in [0.05, 0.1) is 6.61 Å². The molecule has 0 saturated heterocycles. The second-order valence-corrected chi connectivity index (χ2v) is 6.13. The van der Waals surface area contributed by atoms with Gasteiger partial charge in [-0.2, -0.15) is 0 Å². The molecule has 0 fully saturated rings. The van der Waals surface area contributed by atoms with Crippen molar-refractivity contribution in [2.45, 2.75) is 46.1 Å². The van der Waals surface area contributed by atoms with Gasteiger partial charge in [0.15, 0.2) is 0 Å².